The minimum atomic E-state index is -0.535. The van der Waals surface area contributed by atoms with Crippen LogP contribution in [-0.2, 0) is 6.54 Å². The smallest absolute Gasteiger partial charge is 0.270 e. The van der Waals surface area contributed by atoms with Crippen molar-refractivity contribution in [1.29, 1.82) is 0 Å². The number of nitrogens with zero attached hydrogens (tertiary/aromatic N) is 3. The van der Waals surface area contributed by atoms with E-state index in [1.54, 1.807) is 16.9 Å². The number of carbonyl (C=O) groups is 1. The summed E-state index contributed by atoms with van der Waals surface area (Å²) in [6.45, 7) is 2.52. The van der Waals surface area contributed by atoms with Crippen LogP contribution in [0.2, 0.25) is 0 Å². The Kier molecular flexibility index (Phi) is 3.56. The molecule has 1 amide bonds. The normalized spacial score (nSPS) is 10.2. The number of nitro benzene ring substituents is 1. The summed E-state index contributed by atoms with van der Waals surface area (Å²) in [5.41, 5.74) is 0.120. The van der Waals surface area contributed by atoms with Crippen molar-refractivity contribution < 1.29 is 9.72 Å². The van der Waals surface area contributed by atoms with Gasteiger partial charge in [-0.3, -0.25) is 14.9 Å². The van der Waals surface area contributed by atoms with Crippen LogP contribution in [0.4, 0.5) is 11.5 Å². The molecule has 2 rings (SSSR count). The summed E-state index contributed by atoms with van der Waals surface area (Å²) in [7, 11) is 0. The number of aromatic nitrogens is 2. The van der Waals surface area contributed by atoms with E-state index in [-0.39, 0.29) is 11.3 Å². The molecule has 0 radical (unpaired) electrons. The van der Waals surface area contributed by atoms with E-state index in [4.69, 9.17) is 0 Å². The van der Waals surface area contributed by atoms with E-state index < -0.39 is 10.8 Å². The highest BCUT2D eigenvalue weighted by Crippen LogP contribution is 2.15. The number of hydrogen-bond donors (Lipinski definition) is 1. The highest BCUT2D eigenvalue weighted by Gasteiger charge is 2.12. The SMILES string of the molecule is CCn1nccc1NC(=O)c1cccc([N+](=O)[O-])c1. The first-order chi connectivity index (χ1) is 9.11. The first-order valence-electron chi connectivity index (χ1n) is 5.69. The number of non-ortho nitro benzene ring substituents is 1. The van der Waals surface area contributed by atoms with Crippen LogP contribution in [0, 0.1) is 10.1 Å². The first kappa shape index (κ1) is 12.7. The van der Waals surface area contributed by atoms with Gasteiger partial charge in [-0.1, -0.05) is 6.07 Å². The van der Waals surface area contributed by atoms with Gasteiger partial charge in [0.25, 0.3) is 11.6 Å². The van der Waals surface area contributed by atoms with E-state index in [0.29, 0.717) is 12.4 Å². The Morgan fingerprint density at radius 3 is 2.95 bits per heavy atom. The van der Waals surface area contributed by atoms with Crippen molar-refractivity contribution in [2.75, 3.05) is 5.32 Å². The van der Waals surface area contributed by atoms with Crippen LogP contribution >= 0.6 is 0 Å². The van der Waals surface area contributed by atoms with Gasteiger partial charge in [0.2, 0.25) is 0 Å². The lowest BCUT2D eigenvalue weighted by molar-refractivity contribution is -0.384. The summed E-state index contributed by atoms with van der Waals surface area (Å²) in [5, 5.41) is 17.3. The van der Waals surface area contributed by atoms with Crippen LogP contribution < -0.4 is 5.32 Å². The van der Waals surface area contributed by atoms with Gasteiger partial charge < -0.3 is 5.32 Å². The molecule has 0 aliphatic rings. The second-order valence-electron chi connectivity index (χ2n) is 3.79. The highest BCUT2D eigenvalue weighted by molar-refractivity contribution is 6.04. The molecule has 7 nitrogen and oxygen atoms in total. The van der Waals surface area contributed by atoms with Crippen molar-refractivity contribution in [2.24, 2.45) is 0 Å². The number of carbonyl (C=O) groups excluding carboxylic acids is 1. The van der Waals surface area contributed by atoms with Crippen molar-refractivity contribution >= 4 is 17.4 Å². The number of rotatable bonds is 4. The Balaban J connectivity index is 2.20. The third kappa shape index (κ3) is 2.76. The molecule has 19 heavy (non-hydrogen) atoms. The molecule has 0 bridgehead atoms. The molecule has 0 aliphatic carbocycles. The third-order valence-electron chi connectivity index (χ3n) is 2.58. The number of nitro groups is 1. The number of hydrogen-bond acceptors (Lipinski definition) is 4. The minimum absolute atomic E-state index is 0.114. The summed E-state index contributed by atoms with van der Waals surface area (Å²) >= 11 is 0. The lowest BCUT2D eigenvalue weighted by atomic mass is 10.2. The van der Waals surface area contributed by atoms with Gasteiger partial charge in [-0.05, 0) is 13.0 Å². The number of benzene rings is 1. The van der Waals surface area contributed by atoms with Gasteiger partial charge in [-0.25, -0.2) is 4.68 Å². The lowest BCUT2D eigenvalue weighted by Crippen LogP contribution is -2.15. The number of nitrogens with one attached hydrogen (secondary N) is 1. The molecular formula is C12H12N4O3. The summed E-state index contributed by atoms with van der Waals surface area (Å²) in [6, 6.07) is 7.24. The van der Waals surface area contributed by atoms with Crippen LogP contribution in [0.3, 0.4) is 0 Å². The zero-order valence-corrected chi connectivity index (χ0v) is 10.2. The average molecular weight is 260 g/mol. The van der Waals surface area contributed by atoms with E-state index in [0.717, 1.165) is 0 Å². The van der Waals surface area contributed by atoms with Gasteiger partial charge >= 0.3 is 0 Å². The molecular weight excluding hydrogens is 248 g/mol. The van der Waals surface area contributed by atoms with Crippen molar-refractivity contribution in [3.05, 3.63) is 52.2 Å². The number of amides is 1. The second-order valence-corrected chi connectivity index (χ2v) is 3.79. The Hall–Kier alpha value is -2.70. The average Bonchev–Trinajstić information content (AvgIpc) is 2.86. The third-order valence-corrected chi connectivity index (χ3v) is 2.58. The minimum Gasteiger partial charge on any atom is -0.307 e. The van der Waals surface area contributed by atoms with Gasteiger partial charge in [-0.2, -0.15) is 5.10 Å². The molecule has 7 heteroatoms. The predicted molar refractivity (Wildman–Crippen MR) is 69.0 cm³/mol. The Morgan fingerprint density at radius 1 is 1.47 bits per heavy atom. The number of anilines is 1. The maximum absolute atomic E-state index is 12.0. The summed E-state index contributed by atoms with van der Waals surface area (Å²) in [5.74, 6) is 0.151. The summed E-state index contributed by atoms with van der Waals surface area (Å²) < 4.78 is 1.62. The van der Waals surface area contributed by atoms with Gasteiger partial charge in [-0.15, -0.1) is 0 Å². The molecule has 0 saturated carbocycles. The van der Waals surface area contributed by atoms with E-state index in [1.807, 2.05) is 6.92 Å². The fraction of sp³-hybridized carbons (Fsp3) is 0.167. The van der Waals surface area contributed by atoms with Crippen LogP contribution in [0.25, 0.3) is 0 Å². The van der Waals surface area contributed by atoms with Crippen LogP contribution in [0.1, 0.15) is 17.3 Å². The molecule has 2 aromatic rings. The van der Waals surface area contributed by atoms with Crippen molar-refractivity contribution in [3.63, 3.8) is 0 Å². The van der Waals surface area contributed by atoms with Gasteiger partial charge in [0.15, 0.2) is 0 Å². The van der Waals surface area contributed by atoms with Gasteiger partial charge in [0.1, 0.15) is 5.82 Å². The Labute approximate surface area is 109 Å². The maximum Gasteiger partial charge on any atom is 0.270 e. The van der Waals surface area contributed by atoms with Crippen LogP contribution in [0.5, 0.6) is 0 Å². The topological polar surface area (TPSA) is 90.1 Å². The zero-order valence-electron chi connectivity index (χ0n) is 10.2. The Bertz CT molecular complexity index is 621. The lowest BCUT2D eigenvalue weighted by Gasteiger charge is -2.06. The monoisotopic (exact) mass is 260 g/mol. The van der Waals surface area contributed by atoms with E-state index in [1.165, 1.54) is 24.3 Å². The van der Waals surface area contributed by atoms with E-state index >= 15 is 0 Å². The van der Waals surface area contributed by atoms with Crippen LogP contribution in [-0.4, -0.2) is 20.6 Å². The molecule has 0 aliphatic heterocycles. The second kappa shape index (κ2) is 5.30. The molecule has 0 unspecified atom stereocenters. The summed E-state index contributed by atoms with van der Waals surface area (Å²) in [6.07, 6.45) is 1.58. The van der Waals surface area contributed by atoms with E-state index in [2.05, 4.69) is 10.4 Å². The fourth-order valence-electron chi connectivity index (χ4n) is 1.64. The molecule has 1 aromatic carbocycles. The Morgan fingerprint density at radius 2 is 2.26 bits per heavy atom. The molecule has 0 saturated heterocycles. The summed E-state index contributed by atoms with van der Waals surface area (Å²) in [4.78, 5) is 22.1. The zero-order chi connectivity index (χ0) is 13.8. The molecule has 0 spiro atoms. The standard InChI is InChI=1S/C12H12N4O3/c1-2-15-11(6-7-13-15)14-12(17)9-4-3-5-10(8-9)16(18)19/h3-8H,2H2,1H3,(H,14,17). The first-order valence-corrected chi connectivity index (χ1v) is 5.69. The number of aryl methyl sites for hydroxylation is 1. The van der Waals surface area contributed by atoms with E-state index in [9.17, 15) is 14.9 Å². The quantitative estimate of drug-likeness (QED) is 0.673. The van der Waals surface area contributed by atoms with Gasteiger partial charge in [0.05, 0.1) is 11.1 Å². The van der Waals surface area contributed by atoms with Crippen molar-refractivity contribution in [1.82, 2.24) is 9.78 Å². The molecule has 1 heterocycles. The van der Waals surface area contributed by atoms with Crippen molar-refractivity contribution in [3.8, 4) is 0 Å². The molecule has 0 atom stereocenters. The molecule has 1 aromatic heterocycles. The molecule has 0 fully saturated rings. The van der Waals surface area contributed by atoms with Crippen LogP contribution in [0.15, 0.2) is 36.5 Å². The molecule has 98 valence electrons. The largest absolute Gasteiger partial charge is 0.307 e. The molecule has 1 N–H and O–H groups in total. The predicted octanol–water partition coefficient (Wildman–Crippen LogP) is 2.06. The highest BCUT2D eigenvalue weighted by atomic mass is 16.6. The van der Waals surface area contributed by atoms with Crippen molar-refractivity contribution in [2.45, 2.75) is 13.5 Å². The van der Waals surface area contributed by atoms with Gasteiger partial charge in [0, 0.05) is 30.3 Å². The fourth-order valence-corrected chi connectivity index (χ4v) is 1.64. The maximum atomic E-state index is 12.0.